The number of allylic oxidation sites excluding steroid dienone is 4. The lowest BCUT2D eigenvalue weighted by Crippen LogP contribution is -2.67. The summed E-state index contributed by atoms with van der Waals surface area (Å²) in [7, 11) is 1.60. The van der Waals surface area contributed by atoms with Crippen LogP contribution >= 0.6 is 0 Å². The monoisotopic (exact) mass is 979 g/mol. The molecule has 0 saturated heterocycles. The number of benzene rings is 2. The van der Waals surface area contributed by atoms with Gasteiger partial charge in [-0.15, -0.1) is 0 Å². The third-order valence-corrected chi connectivity index (χ3v) is 14.4. The zero-order valence-corrected chi connectivity index (χ0v) is 47.9. The first kappa shape index (κ1) is 54.0. The summed E-state index contributed by atoms with van der Waals surface area (Å²) >= 11 is 0. The van der Waals surface area contributed by atoms with Gasteiger partial charge in [0.1, 0.15) is 39.9 Å². The van der Waals surface area contributed by atoms with Crippen LogP contribution in [0.15, 0.2) is 76.7 Å². The molecule has 2 aromatic rings. The predicted octanol–water partition coefficient (Wildman–Crippen LogP) is 14.7. The van der Waals surface area contributed by atoms with E-state index in [0.29, 0.717) is 52.2 Å². The lowest BCUT2D eigenvalue weighted by Gasteiger charge is -2.60. The number of hydrogen-bond donors (Lipinski definition) is 2. The van der Waals surface area contributed by atoms with E-state index < -0.39 is 72.4 Å². The minimum Gasteiger partial charge on any atom is -0.495 e. The number of nitrogens with one attached hydrogen (secondary N) is 2. The molecular weight excluding hydrogens is 893 g/mol. The summed E-state index contributed by atoms with van der Waals surface area (Å²) in [5.41, 5.74) is 0.937. The van der Waals surface area contributed by atoms with Crippen LogP contribution in [0.3, 0.4) is 0 Å². The van der Waals surface area contributed by atoms with E-state index in [1.807, 2.05) is 105 Å². The number of hydrogen-bond acceptors (Lipinski definition) is 9. The molecule has 0 radical (unpaired) electrons. The third-order valence-electron chi connectivity index (χ3n) is 14.4. The summed E-state index contributed by atoms with van der Waals surface area (Å²) in [6, 6.07) is 9.88. The Labute approximate surface area is 425 Å². The van der Waals surface area contributed by atoms with Gasteiger partial charge in [-0.3, -0.25) is 19.1 Å². The molecule has 5 aliphatic rings. The number of anilines is 2. The van der Waals surface area contributed by atoms with E-state index in [0.717, 1.165) is 22.3 Å². The van der Waals surface area contributed by atoms with E-state index in [1.54, 1.807) is 7.11 Å². The highest BCUT2D eigenvalue weighted by Gasteiger charge is 2.69. The second-order valence-corrected chi connectivity index (χ2v) is 28.8. The quantitative estimate of drug-likeness (QED) is 0.257. The summed E-state index contributed by atoms with van der Waals surface area (Å²) in [6.07, 6.45) is 4.52. The summed E-state index contributed by atoms with van der Waals surface area (Å²) in [4.78, 5) is 30.6. The van der Waals surface area contributed by atoms with Crippen LogP contribution in [0.4, 0.5) is 11.4 Å². The topological polar surface area (TPSA) is 123 Å². The van der Waals surface area contributed by atoms with Gasteiger partial charge >= 0.3 is 0 Å². The molecule has 7 rings (SSSR count). The smallest absolute Gasteiger partial charge is 0.261 e. The van der Waals surface area contributed by atoms with Gasteiger partial charge in [-0.05, 0) is 52.9 Å². The van der Waals surface area contributed by atoms with Crippen molar-refractivity contribution in [2.24, 2.45) is 43.3 Å². The van der Waals surface area contributed by atoms with Gasteiger partial charge in [0.05, 0.1) is 12.8 Å². The molecule has 0 spiro atoms. The average molecular weight is 979 g/mol. The maximum Gasteiger partial charge on any atom is 0.261 e. The number of carbonyl (C=O) groups excluding carboxylic acids is 2. The van der Waals surface area contributed by atoms with Gasteiger partial charge in [-0.1, -0.05) is 172 Å². The summed E-state index contributed by atoms with van der Waals surface area (Å²) in [5.74, 6) is -3.42. The number of fused-ring (bicyclic) bond motifs is 7. The van der Waals surface area contributed by atoms with E-state index in [4.69, 9.17) is 33.2 Å². The Hall–Kier alpha value is -4.74. The van der Waals surface area contributed by atoms with E-state index >= 15 is 9.59 Å². The fraction of sp³-hybridized carbons (Fsp3) is 0.633. The van der Waals surface area contributed by atoms with E-state index in [2.05, 4.69) is 114 Å². The second kappa shape index (κ2) is 16.1. The molecule has 2 N–H and O–H groups in total. The minimum absolute atomic E-state index is 0.274. The molecule has 4 unspecified atom stereocenters. The standard InChI is InChI=1S/C60H86N2O9/c1-49(2,3)41-32-57(53(13,14)15)68-45(51(7,8)9)43(59(66-41,70-57)55(19,20)21)47(63)61-36-26-27-37-34(29-36)28-35-30-40(65-25)39(31-38(35)37)62-48(64)44-46(52(10,11)12)69-58(54(16,17)18)33-42(50(4,5)6)67-60(44,71-58)56(22,23)24/h26-27,29-33H,28H2,1-25H3,(H,61,63)(H,62,64). The van der Waals surface area contributed by atoms with Crippen LogP contribution in [0.1, 0.15) is 177 Å². The summed E-state index contributed by atoms with van der Waals surface area (Å²) < 4.78 is 48.7. The molecule has 71 heavy (non-hydrogen) atoms. The zero-order valence-electron chi connectivity index (χ0n) is 47.9. The molecule has 0 aromatic heterocycles. The van der Waals surface area contributed by atoms with Crippen LogP contribution < -0.4 is 15.4 Å². The van der Waals surface area contributed by atoms with Crippen molar-refractivity contribution in [2.45, 2.75) is 196 Å². The molecule has 1 aliphatic carbocycles. The molecule has 11 nitrogen and oxygen atoms in total. The Bertz CT molecular complexity index is 2680. The Morgan fingerprint density at radius 1 is 0.493 bits per heavy atom. The largest absolute Gasteiger partial charge is 0.495 e. The molecule has 0 fully saturated rings. The number of rotatable bonds is 5. The molecule has 4 heterocycles. The lowest BCUT2D eigenvalue weighted by atomic mass is 9.71. The molecule has 2 aromatic carbocycles. The van der Waals surface area contributed by atoms with Gasteiger partial charge < -0.3 is 34.3 Å². The van der Waals surface area contributed by atoms with Gasteiger partial charge in [-0.2, -0.15) is 0 Å². The van der Waals surface area contributed by atoms with Crippen LogP contribution in [0.5, 0.6) is 5.75 Å². The highest BCUT2D eigenvalue weighted by molar-refractivity contribution is 6.08. The summed E-state index contributed by atoms with van der Waals surface area (Å²) in [5, 5.41) is 6.53. The first-order valence-electron chi connectivity index (χ1n) is 25.5. The predicted molar refractivity (Wildman–Crippen MR) is 282 cm³/mol. The van der Waals surface area contributed by atoms with Crippen LogP contribution in [-0.4, -0.2) is 42.1 Å². The van der Waals surface area contributed by atoms with Gasteiger partial charge in [-0.25, -0.2) is 0 Å². The molecule has 11 heteroatoms. The number of amides is 2. The van der Waals surface area contributed by atoms with Crippen molar-refractivity contribution in [2.75, 3.05) is 17.7 Å². The van der Waals surface area contributed by atoms with Crippen molar-refractivity contribution in [3.05, 3.63) is 87.8 Å². The molecule has 2 amide bonds. The Balaban J connectivity index is 1.28. The van der Waals surface area contributed by atoms with Crippen molar-refractivity contribution in [3.8, 4) is 16.9 Å². The zero-order chi connectivity index (χ0) is 53.7. The first-order valence-corrected chi connectivity index (χ1v) is 25.5. The van der Waals surface area contributed by atoms with Crippen molar-refractivity contribution in [1.82, 2.24) is 0 Å². The average Bonchev–Trinajstić information content (AvgIpc) is 3.53. The lowest BCUT2D eigenvalue weighted by molar-refractivity contribution is -0.399. The van der Waals surface area contributed by atoms with Crippen LogP contribution in [0.2, 0.25) is 0 Å². The van der Waals surface area contributed by atoms with Gasteiger partial charge in [0, 0.05) is 61.2 Å². The first-order chi connectivity index (χ1) is 31.9. The number of methoxy groups -OCH3 is 1. The highest BCUT2D eigenvalue weighted by atomic mass is 16.8. The fourth-order valence-corrected chi connectivity index (χ4v) is 9.91. The van der Waals surface area contributed by atoms with Crippen molar-refractivity contribution < 1.29 is 42.7 Å². The maximum atomic E-state index is 15.4. The molecular formula is C60H86N2O9. The molecule has 0 saturated carbocycles. The minimum atomic E-state index is -1.55. The molecule has 4 atom stereocenters. The van der Waals surface area contributed by atoms with E-state index in [-0.39, 0.29) is 11.5 Å². The SMILES string of the molecule is COc1cc2c(cc1NC(=O)C1=C(C(C)(C)C)OC3(C(C)(C)C)C=C(C(C)(C)C)OC1(C(C)(C)C)O3)-c1ccc(NC(=O)C3=C(C(C)(C)C)OC4(C(C)(C)C)C=C(C(C)(C)C)OC3(C(C)(C)C)O4)cc1C2. The summed E-state index contributed by atoms with van der Waals surface area (Å²) in [6.45, 7) is 49.6. The Morgan fingerprint density at radius 3 is 1.27 bits per heavy atom. The van der Waals surface area contributed by atoms with Crippen molar-refractivity contribution in [3.63, 3.8) is 0 Å². The normalized spacial score (nSPS) is 25.9. The highest BCUT2D eigenvalue weighted by Crippen LogP contribution is 2.63. The Morgan fingerprint density at radius 2 is 0.901 bits per heavy atom. The van der Waals surface area contributed by atoms with Crippen molar-refractivity contribution >= 4 is 23.2 Å². The number of carbonyl (C=O) groups is 2. The van der Waals surface area contributed by atoms with Crippen LogP contribution in [-0.2, 0) is 44.4 Å². The maximum absolute atomic E-state index is 15.4. The van der Waals surface area contributed by atoms with E-state index in [9.17, 15) is 0 Å². The van der Waals surface area contributed by atoms with Gasteiger partial charge in [0.25, 0.3) is 23.4 Å². The van der Waals surface area contributed by atoms with Crippen LogP contribution in [0.25, 0.3) is 11.1 Å². The van der Waals surface area contributed by atoms with Gasteiger partial charge in [0.15, 0.2) is 0 Å². The van der Waals surface area contributed by atoms with Gasteiger partial charge in [0.2, 0.25) is 11.6 Å². The fourth-order valence-electron chi connectivity index (χ4n) is 9.91. The Kier molecular flexibility index (Phi) is 12.3. The van der Waals surface area contributed by atoms with E-state index in [1.165, 1.54) is 0 Å². The molecule has 4 bridgehead atoms. The molecule has 390 valence electrons. The van der Waals surface area contributed by atoms with Crippen LogP contribution in [0, 0.1) is 43.3 Å². The third kappa shape index (κ3) is 8.80. The molecule has 4 aliphatic heterocycles. The number of ether oxygens (including phenoxy) is 7. The second-order valence-electron chi connectivity index (χ2n) is 28.8. The van der Waals surface area contributed by atoms with Crippen molar-refractivity contribution in [1.29, 1.82) is 0 Å².